The molecule has 0 aliphatic carbocycles. The van der Waals surface area contributed by atoms with Crippen LogP contribution in [0.15, 0.2) is 66.0 Å². The Morgan fingerprint density at radius 3 is 2.39 bits per heavy atom. The van der Waals surface area contributed by atoms with Crippen molar-refractivity contribution in [3.8, 4) is 5.75 Å². The van der Waals surface area contributed by atoms with Crippen LogP contribution in [0.3, 0.4) is 0 Å². The summed E-state index contributed by atoms with van der Waals surface area (Å²) < 4.78 is 6.84. The van der Waals surface area contributed by atoms with Crippen LogP contribution in [0.1, 0.15) is 21.5 Å². The van der Waals surface area contributed by atoms with Gasteiger partial charge < -0.3 is 15.4 Å². The summed E-state index contributed by atoms with van der Waals surface area (Å²) in [5.41, 5.74) is 4.53. The molecule has 0 radical (unpaired) electrons. The minimum Gasteiger partial charge on any atom is -0.497 e. The number of pyridine rings is 1. The van der Waals surface area contributed by atoms with E-state index >= 15 is 0 Å². The molecule has 0 unspecified atom stereocenters. The number of hydrogen-bond acceptors (Lipinski definition) is 6. The second-order valence-electron chi connectivity index (χ2n) is 7.41. The number of hydrogen-bond donors (Lipinski definition) is 2. The van der Waals surface area contributed by atoms with Gasteiger partial charge in [-0.2, -0.15) is 0 Å². The minimum atomic E-state index is -0.264. The molecule has 2 aromatic carbocycles. The number of anilines is 2. The van der Waals surface area contributed by atoms with Crippen LogP contribution in [0.4, 0.5) is 11.4 Å². The highest BCUT2D eigenvalue weighted by atomic mass is 32.2. The van der Waals surface area contributed by atoms with Crippen molar-refractivity contribution < 1.29 is 14.3 Å². The maximum atomic E-state index is 12.7. The second kappa shape index (κ2) is 9.74. The highest BCUT2D eigenvalue weighted by Crippen LogP contribution is 2.22. The molecule has 2 amide bonds. The molecule has 0 aliphatic heterocycles. The van der Waals surface area contributed by atoms with Crippen molar-refractivity contribution in [3.63, 3.8) is 0 Å². The first-order valence-corrected chi connectivity index (χ1v) is 11.2. The number of benzene rings is 2. The van der Waals surface area contributed by atoms with E-state index in [-0.39, 0.29) is 17.6 Å². The van der Waals surface area contributed by atoms with Gasteiger partial charge in [0.2, 0.25) is 5.91 Å². The lowest BCUT2D eigenvalue weighted by Crippen LogP contribution is -2.16. The molecule has 0 saturated heterocycles. The smallest absolute Gasteiger partial charge is 0.257 e. The number of carbonyl (C=O) groups is 2. The van der Waals surface area contributed by atoms with E-state index in [1.165, 1.54) is 11.8 Å². The molecular formula is C24H23N5O3S. The molecule has 2 N–H and O–H groups in total. The number of thioether (sulfide) groups is 1. The van der Waals surface area contributed by atoms with Crippen molar-refractivity contribution in [3.05, 3.63) is 77.5 Å². The summed E-state index contributed by atoms with van der Waals surface area (Å²) in [6.07, 6.45) is 1.67. The number of amides is 2. The summed E-state index contributed by atoms with van der Waals surface area (Å²) in [6.45, 7) is 3.92. The Morgan fingerprint density at radius 2 is 1.70 bits per heavy atom. The van der Waals surface area contributed by atoms with Crippen LogP contribution in [-0.4, -0.2) is 39.3 Å². The zero-order chi connectivity index (χ0) is 23.4. The van der Waals surface area contributed by atoms with Gasteiger partial charge in [0.05, 0.1) is 18.4 Å². The second-order valence-corrected chi connectivity index (χ2v) is 8.36. The van der Waals surface area contributed by atoms with E-state index in [0.717, 1.165) is 16.8 Å². The predicted molar refractivity (Wildman–Crippen MR) is 129 cm³/mol. The van der Waals surface area contributed by atoms with Crippen molar-refractivity contribution in [1.82, 2.24) is 14.6 Å². The summed E-state index contributed by atoms with van der Waals surface area (Å²) in [4.78, 5) is 25.2. The van der Waals surface area contributed by atoms with E-state index in [1.807, 2.05) is 32.0 Å². The van der Waals surface area contributed by atoms with Gasteiger partial charge in [-0.1, -0.05) is 30.0 Å². The number of ether oxygens (including phenoxy) is 1. The van der Waals surface area contributed by atoms with Crippen LogP contribution in [0, 0.1) is 13.8 Å². The number of aromatic nitrogens is 3. The van der Waals surface area contributed by atoms with Gasteiger partial charge >= 0.3 is 0 Å². The molecule has 4 aromatic rings. The first kappa shape index (κ1) is 22.3. The third kappa shape index (κ3) is 5.15. The standard InChI is InChI=1S/C24H23N5O3S/c1-15-5-4-6-16(2)22(15)26-21(30)14-33-24-28-27-20-12-7-17(13-29(20)24)23(31)25-18-8-10-19(32-3)11-9-18/h4-13H,14H2,1-3H3,(H,25,31)(H,26,30). The Morgan fingerprint density at radius 1 is 0.970 bits per heavy atom. The topological polar surface area (TPSA) is 97.6 Å². The van der Waals surface area contributed by atoms with Gasteiger partial charge in [0.15, 0.2) is 10.8 Å². The largest absolute Gasteiger partial charge is 0.497 e. The average Bonchev–Trinajstić information content (AvgIpc) is 3.23. The molecule has 2 heterocycles. The van der Waals surface area contributed by atoms with E-state index in [2.05, 4.69) is 20.8 Å². The monoisotopic (exact) mass is 461 g/mol. The van der Waals surface area contributed by atoms with E-state index in [4.69, 9.17) is 4.74 Å². The molecule has 168 valence electrons. The van der Waals surface area contributed by atoms with E-state index in [0.29, 0.717) is 27.8 Å². The molecule has 2 aromatic heterocycles. The molecule has 9 heteroatoms. The van der Waals surface area contributed by atoms with Crippen LogP contribution in [0.2, 0.25) is 0 Å². The Bertz CT molecular complexity index is 1300. The Kier molecular flexibility index (Phi) is 6.60. The van der Waals surface area contributed by atoms with Crippen LogP contribution in [-0.2, 0) is 4.79 Å². The first-order valence-electron chi connectivity index (χ1n) is 10.2. The molecule has 0 fully saturated rings. The number of rotatable bonds is 7. The summed E-state index contributed by atoms with van der Waals surface area (Å²) in [6, 6.07) is 16.4. The molecule has 0 aliphatic rings. The minimum absolute atomic E-state index is 0.137. The molecular weight excluding hydrogens is 438 g/mol. The Balaban J connectivity index is 1.45. The fraction of sp³-hybridized carbons (Fsp3) is 0.167. The number of aryl methyl sites for hydroxylation is 2. The lowest BCUT2D eigenvalue weighted by atomic mass is 10.1. The van der Waals surface area contributed by atoms with Crippen molar-refractivity contribution in [2.45, 2.75) is 19.0 Å². The number of fused-ring (bicyclic) bond motifs is 1. The predicted octanol–water partition coefficient (Wildman–Crippen LogP) is 4.34. The van der Waals surface area contributed by atoms with Crippen molar-refractivity contribution in [1.29, 1.82) is 0 Å². The molecule has 0 saturated carbocycles. The number of methoxy groups -OCH3 is 1. The third-order valence-corrected chi connectivity index (χ3v) is 6.00. The number of nitrogens with one attached hydrogen (secondary N) is 2. The lowest BCUT2D eigenvalue weighted by Gasteiger charge is -2.11. The highest BCUT2D eigenvalue weighted by molar-refractivity contribution is 7.99. The molecule has 0 atom stereocenters. The van der Waals surface area contributed by atoms with Crippen molar-refractivity contribution in [2.24, 2.45) is 0 Å². The quantitative estimate of drug-likeness (QED) is 0.398. The molecule has 8 nitrogen and oxygen atoms in total. The van der Waals surface area contributed by atoms with E-state index in [9.17, 15) is 9.59 Å². The highest BCUT2D eigenvalue weighted by Gasteiger charge is 2.14. The first-order chi connectivity index (χ1) is 15.9. The molecule has 4 rings (SSSR count). The van der Waals surface area contributed by atoms with Crippen LogP contribution in [0.5, 0.6) is 5.75 Å². The van der Waals surface area contributed by atoms with Gasteiger partial charge in [-0.15, -0.1) is 10.2 Å². The summed E-state index contributed by atoms with van der Waals surface area (Å²) in [7, 11) is 1.59. The fourth-order valence-electron chi connectivity index (χ4n) is 3.30. The third-order valence-electron chi connectivity index (χ3n) is 5.06. The van der Waals surface area contributed by atoms with Crippen molar-refractivity contribution in [2.75, 3.05) is 23.5 Å². The average molecular weight is 462 g/mol. The molecule has 33 heavy (non-hydrogen) atoms. The van der Waals surface area contributed by atoms with Gasteiger partial charge in [0, 0.05) is 17.6 Å². The fourth-order valence-corrected chi connectivity index (χ4v) is 4.01. The lowest BCUT2D eigenvalue weighted by molar-refractivity contribution is -0.113. The van der Waals surface area contributed by atoms with Gasteiger partial charge in [-0.25, -0.2) is 0 Å². The van der Waals surface area contributed by atoms with E-state index in [1.54, 1.807) is 54.1 Å². The SMILES string of the molecule is COc1ccc(NC(=O)c2ccc3nnc(SCC(=O)Nc4c(C)cccc4C)n3c2)cc1. The molecule has 0 bridgehead atoms. The normalized spacial score (nSPS) is 10.8. The van der Waals surface area contributed by atoms with Gasteiger partial charge in [-0.05, 0) is 61.4 Å². The van der Waals surface area contributed by atoms with Crippen molar-refractivity contribution >= 4 is 40.6 Å². The van der Waals surface area contributed by atoms with Crippen LogP contribution in [0.25, 0.3) is 5.65 Å². The number of nitrogens with zero attached hydrogens (tertiary/aromatic N) is 3. The van der Waals surface area contributed by atoms with Gasteiger partial charge in [0.25, 0.3) is 5.91 Å². The van der Waals surface area contributed by atoms with Crippen LogP contribution >= 0.6 is 11.8 Å². The summed E-state index contributed by atoms with van der Waals surface area (Å²) in [5.74, 6) is 0.473. The summed E-state index contributed by atoms with van der Waals surface area (Å²) >= 11 is 1.26. The maximum Gasteiger partial charge on any atom is 0.257 e. The zero-order valence-corrected chi connectivity index (χ0v) is 19.3. The summed E-state index contributed by atoms with van der Waals surface area (Å²) in [5, 5.41) is 14.6. The van der Waals surface area contributed by atoms with Gasteiger partial charge in [-0.3, -0.25) is 14.0 Å². The van der Waals surface area contributed by atoms with Gasteiger partial charge in [0.1, 0.15) is 5.75 Å². The van der Waals surface area contributed by atoms with Crippen LogP contribution < -0.4 is 15.4 Å². The molecule has 0 spiro atoms. The van der Waals surface area contributed by atoms with E-state index < -0.39 is 0 Å². The zero-order valence-electron chi connectivity index (χ0n) is 18.5. The Labute approximate surface area is 195 Å². The maximum absolute atomic E-state index is 12.7. The Hall–Kier alpha value is -3.85. The number of carbonyl (C=O) groups excluding carboxylic acids is 2. The number of para-hydroxylation sites is 1.